The Morgan fingerprint density at radius 2 is 0.671 bits per heavy atom. The van der Waals surface area contributed by atoms with Gasteiger partial charge in [0.1, 0.15) is 34.5 Å². The van der Waals surface area contributed by atoms with Gasteiger partial charge in [-0.05, 0) is 144 Å². The van der Waals surface area contributed by atoms with Gasteiger partial charge in [-0.2, -0.15) is 52.7 Å². The van der Waals surface area contributed by atoms with E-state index >= 15 is 26.3 Å². The summed E-state index contributed by atoms with van der Waals surface area (Å²) in [6, 6.07) is 18.5. The van der Waals surface area contributed by atoms with Crippen molar-refractivity contribution in [2.75, 3.05) is 28.3 Å². The van der Waals surface area contributed by atoms with Crippen LogP contribution in [0.5, 0.6) is 34.5 Å². The van der Waals surface area contributed by atoms with Gasteiger partial charge >= 0.3 is 24.7 Å². The first kappa shape index (κ1) is 57.3. The summed E-state index contributed by atoms with van der Waals surface area (Å²) in [5, 5.41) is 50.1. The van der Waals surface area contributed by atoms with Crippen molar-refractivity contribution in [3.05, 3.63) is 190 Å². The Labute approximate surface area is 437 Å². The number of anilines is 4. The lowest BCUT2D eigenvalue weighted by molar-refractivity contribution is -0.290. The Kier molecular flexibility index (Phi) is 15.4. The van der Waals surface area contributed by atoms with E-state index in [9.17, 15) is 65.9 Å². The number of ether oxygens (including phenoxy) is 1. The maximum absolute atomic E-state index is 15.4. The predicted octanol–water partition coefficient (Wildman–Crippen LogP) is 13.1. The number of halogens is 12. The van der Waals surface area contributed by atoms with Crippen LogP contribution in [-0.4, -0.2) is 75.7 Å². The number of amides is 3. The largest absolute Gasteiger partial charge is 0.506 e. The smallest absolute Gasteiger partial charge is 0.411 e. The molecule has 0 saturated carbocycles. The lowest BCUT2D eigenvalue weighted by Crippen LogP contribution is -2.54. The van der Waals surface area contributed by atoms with E-state index in [1.165, 1.54) is 55.5 Å². The number of rotatable bonds is 14. The van der Waals surface area contributed by atoms with Crippen LogP contribution in [0.2, 0.25) is 0 Å². The number of phenolic OH excluding ortho intramolecular Hbond substituents is 4. The molecule has 0 aliphatic carbocycles. The monoisotopic (exact) mass is 1110 g/mol. The molecule has 0 saturated heterocycles. The van der Waals surface area contributed by atoms with Crippen molar-refractivity contribution in [3.8, 4) is 34.5 Å². The first-order chi connectivity index (χ1) is 36.8. The molecule has 0 unspecified atom stereocenters. The van der Waals surface area contributed by atoms with Crippen LogP contribution in [0.1, 0.15) is 70.6 Å². The Morgan fingerprint density at radius 3 is 0.975 bits per heavy atom. The van der Waals surface area contributed by atoms with Crippen LogP contribution in [0.25, 0.3) is 0 Å². The lowest BCUT2D eigenvalue weighted by atomic mass is 9.72. The molecule has 0 radical (unpaired) electrons. The quantitative estimate of drug-likeness (QED) is 0.0294. The minimum atomic E-state index is -6.32. The van der Waals surface area contributed by atoms with Gasteiger partial charge in [0.25, 0.3) is 17.7 Å². The number of ketones is 1. The number of carbonyl (C=O) groups excluding carboxylic acids is 4. The number of Topliss-reactive ketones (excluding diaryl/α,β-unsaturated/α-hetero) is 1. The maximum atomic E-state index is 15.4. The van der Waals surface area contributed by atoms with Crippen molar-refractivity contribution in [1.29, 1.82) is 0 Å². The molecule has 3 amide bonds. The Balaban J connectivity index is 1.16. The number of carbonyl (C=O) groups is 4. The van der Waals surface area contributed by atoms with Gasteiger partial charge in [-0.25, -0.2) is 0 Å². The summed E-state index contributed by atoms with van der Waals surface area (Å²) in [5.41, 5.74) is -20.7. The first-order valence-electron chi connectivity index (χ1n) is 22.6. The molecular formula is C54H38F12N4O9. The van der Waals surface area contributed by atoms with E-state index in [0.717, 1.165) is 31.3 Å². The number of phenols is 4. The van der Waals surface area contributed by atoms with Crippen molar-refractivity contribution in [1.82, 2.24) is 0 Å². The number of hydrogen-bond acceptors (Lipinski definition) is 10. The molecule has 0 atom stereocenters. The molecule has 0 aliphatic rings. The number of alkyl halides is 12. The first-order valence-corrected chi connectivity index (χ1v) is 22.6. The molecule has 13 nitrogen and oxygen atoms in total. The fourth-order valence-electron chi connectivity index (χ4n) is 8.50. The van der Waals surface area contributed by atoms with E-state index in [0.29, 0.717) is 53.8 Å². The summed E-state index contributed by atoms with van der Waals surface area (Å²) in [5.74, 6) is -7.45. The van der Waals surface area contributed by atoms with Crippen molar-refractivity contribution >= 4 is 46.3 Å². The zero-order valence-electron chi connectivity index (χ0n) is 40.2. The Morgan fingerprint density at radius 1 is 0.380 bits per heavy atom. The highest BCUT2D eigenvalue weighted by molar-refractivity contribution is 6.09. The van der Waals surface area contributed by atoms with Crippen molar-refractivity contribution < 1.29 is 97.0 Å². The van der Waals surface area contributed by atoms with E-state index in [1.807, 2.05) is 10.6 Å². The number of benzene rings is 7. The summed E-state index contributed by atoms with van der Waals surface area (Å²) in [6.45, 7) is 1.36. The van der Waals surface area contributed by atoms with Gasteiger partial charge < -0.3 is 46.4 Å². The molecule has 0 bridgehead atoms. The normalized spacial score (nSPS) is 12.3. The molecule has 0 heterocycles. The number of aromatic hydroxyl groups is 4. The third-order valence-corrected chi connectivity index (χ3v) is 12.4. The average Bonchev–Trinajstić information content (AvgIpc) is 3.57. The second-order valence-corrected chi connectivity index (χ2v) is 17.3. The number of nitrogens with one attached hydrogen (secondary N) is 4. The summed E-state index contributed by atoms with van der Waals surface area (Å²) < 4.78 is 188. The third-order valence-electron chi connectivity index (χ3n) is 12.4. The fourth-order valence-corrected chi connectivity index (χ4v) is 8.50. The fraction of sp³-hybridized carbons (Fsp3) is 0.148. The molecule has 0 aromatic heterocycles. The highest BCUT2D eigenvalue weighted by Gasteiger charge is 2.74. The molecule has 0 spiro atoms. The summed E-state index contributed by atoms with van der Waals surface area (Å²) >= 11 is 0. The third kappa shape index (κ3) is 11.0. The van der Waals surface area contributed by atoms with Crippen molar-refractivity contribution in [2.45, 2.75) is 42.5 Å². The zero-order valence-corrected chi connectivity index (χ0v) is 40.2. The molecular weight excluding hydrogens is 1080 g/mol. The minimum absolute atomic E-state index is 0.132. The van der Waals surface area contributed by atoms with Crippen LogP contribution in [0.4, 0.5) is 75.4 Å². The van der Waals surface area contributed by atoms with E-state index in [2.05, 4.69) is 10.6 Å². The van der Waals surface area contributed by atoms with E-state index in [1.54, 1.807) is 0 Å². The van der Waals surface area contributed by atoms with Crippen LogP contribution in [0, 0.1) is 0 Å². The van der Waals surface area contributed by atoms with Gasteiger partial charge in [0.2, 0.25) is 10.8 Å². The second-order valence-electron chi connectivity index (χ2n) is 17.3. The topological polar surface area (TPSA) is 207 Å². The van der Waals surface area contributed by atoms with Crippen molar-refractivity contribution in [2.24, 2.45) is 0 Å². The Bertz CT molecular complexity index is 3460. The van der Waals surface area contributed by atoms with E-state index in [-0.39, 0.29) is 47.4 Å². The average molecular weight is 1110 g/mol. The molecule has 7 aromatic carbocycles. The lowest BCUT2D eigenvalue weighted by Gasteiger charge is -2.38. The van der Waals surface area contributed by atoms with Gasteiger partial charge in [0.05, 0.1) is 22.7 Å². The zero-order chi connectivity index (χ0) is 58.2. The maximum Gasteiger partial charge on any atom is 0.411 e. The molecule has 0 aliphatic heterocycles. The molecule has 8 N–H and O–H groups in total. The van der Waals surface area contributed by atoms with Gasteiger partial charge in [-0.15, -0.1) is 0 Å². The summed E-state index contributed by atoms with van der Waals surface area (Å²) in [6.07, 6.45) is -25.0. The summed E-state index contributed by atoms with van der Waals surface area (Å²) in [4.78, 5) is 52.0. The minimum Gasteiger partial charge on any atom is -0.506 e. The molecule has 0 fully saturated rings. The predicted molar refractivity (Wildman–Crippen MR) is 261 cm³/mol. The second kappa shape index (κ2) is 21.2. The van der Waals surface area contributed by atoms with E-state index in [4.69, 9.17) is 4.74 Å². The van der Waals surface area contributed by atoms with Gasteiger partial charge in [-0.3, -0.25) is 19.2 Å². The van der Waals surface area contributed by atoms with Crippen molar-refractivity contribution in [3.63, 3.8) is 0 Å². The number of hydrogen-bond donors (Lipinski definition) is 8. The van der Waals surface area contributed by atoms with Gasteiger partial charge in [-0.1, -0.05) is 30.3 Å². The van der Waals surface area contributed by atoms with Gasteiger partial charge in [0.15, 0.2) is 5.78 Å². The highest BCUT2D eigenvalue weighted by Crippen LogP contribution is 2.59. The molecule has 25 heteroatoms. The molecule has 79 heavy (non-hydrogen) atoms. The van der Waals surface area contributed by atoms with Crippen LogP contribution < -0.4 is 26.0 Å². The Hall–Kier alpha value is -9.42. The van der Waals surface area contributed by atoms with Gasteiger partial charge in [0, 0.05) is 29.3 Å². The molecule has 412 valence electrons. The highest BCUT2D eigenvalue weighted by atomic mass is 19.4. The standard InChI is InChI=1S/C54H38F12N4O9/c1-27(71)28-6-14-36(15-7-28)79-37-16-8-29(9-17-37)46(76)68-39-24-34(12-19-43(39)73)50(53(61,62)63,54(64,65)66)35-13-21-45(75)41(26-35)70-48(78)31-5-3-4-30(22-31)47(77)69-40-25-33(11-20-44(40)74)49(51(55,56)57,52(58,59)60)32-10-18-42(72)38(23-32)67-2/h3-26,67,72-75H,1-2H3,(H,68,76)(H,69,77)(H,70,78). The molecule has 7 rings (SSSR count). The SMILES string of the molecule is CNc1cc(C(c2ccc(O)c(NC(=O)c3cccc(C(=O)Nc4cc(C(c5ccc(O)c(NC(=O)c6ccc(Oc7ccc(C(C)=O)cc7)cc6)c5)(C(F)(F)F)C(F)(F)F)ccc4O)c3)c2)(C(F)(F)F)C(F)(F)F)ccc1O. The van der Waals surface area contributed by atoms with Crippen LogP contribution >= 0.6 is 0 Å². The molecule has 7 aromatic rings. The van der Waals surface area contributed by atoms with Crippen LogP contribution in [0.15, 0.2) is 146 Å². The van der Waals surface area contributed by atoms with E-state index < -0.39 is 132 Å². The summed E-state index contributed by atoms with van der Waals surface area (Å²) in [7, 11) is 1.11. The van der Waals surface area contributed by atoms with Crippen LogP contribution in [0.3, 0.4) is 0 Å². The van der Waals surface area contributed by atoms with Crippen LogP contribution in [-0.2, 0) is 10.8 Å².